The minimum Gasteiger partial charge on any atom is -0.326 e. The maximum absolute atomic E-state index is 12.7. The van der Waals surface area contributed by atoms with Crippen LogP contribution in [0.25, 0.3) is 0 Å². The van der Waals surface area contributed by atoms with Crippen LogP contribution >= 0.6 is 0 Å². The number of anilines is 3. The zero-order chi connectivity index (χ0) is 20.3. The molecule has 0 saturated heterocycles. The number of hydrogen-bond acceptors (Lipinski definition) is 4. The second-order valence-corrected chi connectivity index (χ2v) is 6.76. The molecule has 0 spiro atoms. The molecule has 1 aliphatic rings. The van der Waals surface area contributed by atoms with E-state index in [2.05, 4.69) is 15.7 Å². The molecular weight excluding hydrogens is 356 g/mol. The molecule has 2 N–H and O–H groups in total. The molecule has 1 heterocycles. The van der Waals surface area contributed by atoms with Crippen molar-refractivity contribution in [1.82, 2.24) is 0 Å². The molecule has 0 fully saturated rings. The van der Waals surface area contributed by atoms with E-state index in [1.807, 2.05) is 32.0 Å². The number of hydrazone groups is 1. The maximum Gasteiger partial charge on any atom is 0.271 e. The van der Waals surface area contributed by atoms with Gasteiger partial charge in [-0.1, -0.05) is 18.2 Å². The Morgan fingerprint density at radius 1 is 1.00 bits per heavy atom. The Kier molecular flexibility index (Phi) is 5.54. The van der Waals surface area contributed by atoms with Crippen molar-refractivity contribution in [3.05, 3.63) is 53.6 Å². The summed E-state index contributed by atoms with van der Waals surface area (Å²) in [5, 5.41) is 11.1. The predicted molar refractivity (Wildman–Crippen MR) is 109 cm³/mol. The molecule has 1 aliphatic heterocycles. The summed E-state index contributed by atoms with van der Waals surface area (Å²) in [6, 6.07) is 12.6. The van der Waals surface area contributed by atoms with Gasteiger partial charge in [-0.3, -0.25) is 14.4 Å². The molecule has 0 bridgehead atoms. The van der Waals surface area contributed by atoms with Crippen LogP contribution in [0.3, 0.4) is 0 Å². The van der Waals surface area contributed by atoms with E-state index < -0.39 is 0 Å². The third-order valence-corrected chi connectivity index (χ3v) is 4.33. The van der Waals surface area contributed by atoms with Gasteiger partial charge in [0.1, 0.15) is 5.71 Å². The first-order valence-electron chi connectivity index (χ1n) is 9.00. The predicted octanol–water partition coefficient (Wildman–Crippen LogP) is 3.38. The molecule has 0 atom stereocenters. The number of hydrogen-bond donors (Lipinski definition) is 2. The van der Waals surface area contributed by atoms with E-state index in [4.69, 9.17) is 0 Å². The molecule has 0 radical (unpaired) electrons. The lowest BCUT2D eigenvalue weighted by Crippen LogP contribution is -2.36. The normalized spacial score (nSPS) is 13.8. The lowest BCUT2D eigenvalue weighted by Gasteiger charge is -2.24. The Bertz CT molecular complexity index is 981. The van der Waals surface area contributed by atoms with Crippen molar-refractivity contribution in [2.45, 2.75) is 33.6 Å². The van der Waals surface area contributed by atoms with Crippen LogP contribution in [0.2, 0.25) is 0 Å². The first kappa shape index (κ1) is 19.3. The summed E-state index contributed by atoms with van der Waals surface area (Å²) in [6.07, 6.45) is 0.489. The van der Waals surface area contributed by atoms with Gasteiger partial charge in [-0.05, 0) is 49.2 Å². The highest BCUT2D eigenvalue weighted by Crippen LogP contribution is 2.26. The largest absolute Gasteiger partial charge is 0.326 e. The third kappa shape index (κ3) is 4.43. The van der Waals surface area contributed by atoms with Crippen LogP contribution < -0.4 is 15.6 Å². The highest BCUT2D eigenvalue weighted by atomic mass is 16.2. The summed E-state index contributed by atoms with van der Waals surface area (Å²) in [7, 11) is 0. The van der Waals surface area contributed by atoms with Crippen molar-refractivity contribution in [3.63, 3.8) is 0 Å². The lowest BCUT2D eigenvalue weighted by atomic mass is 10.1. The Morgan fingerprint density at radius 3 is 2.43 bits per heavy atom. The van der Waals surface area contributed by atoms with Gasteiger partial charge in [0.15, 0.2) is 0 Å². The maximum atomic E-state index is 12.7. The van der Waals surface area contributed by atoms with E-state index in [0.29, 0.717) is 17.1 Å². The Labute approximate surface area is 163 Å². The van der Waals surface area contributed by atoms with E-state index in [9.17, 15) is 14.4 Å². The van der Waals surface area contributed by atoms with Crippen molar-refractivity contribution in [2.24, 2.45) is 5.10 Å². The molecule has 0 unspecified atom stereocenters. The summed E-state index contributed by atoms with van der Waals surface area (Å²) >= 11 is 0. The first-order valence-corrected chi connectivity index (χ1v) is 9.00. The smallest absolute Gasteiger partial charge is 0.271 e. The molecule has 0 aliphatic carbocycles. The van der Waals surface area contributed by atoms with Gasteiger partial charge in [-0.2, -0.15) is 5.10 Å². The van der Waals surface area contributed by atoms with E-state index in [1.54, 1.807) is 24.3 Å². The van der Waals surface area contributed by atoms with Crippen molar-refractivity contribution in [1.29, 1.82) is 0 Å². The van der Waals surface area contributed by atoms with Gasteiger partial charge in [-0.25, -0.2) is 5.01 Å². The number of amides is 3. The molecule has 3 amide bonds. The SMILES string of the molecule is CC(=O)Nc1cccc(NC(=O)C2=NN(c3cc(C)ccc3C)C(=O)CC2)c1. The van der Waals surface area contributed by atoms with Gasteiger partial charge < -0.3 is 10.6 Å². The van der Waals surface area contributed by atoms with E-state index in [-0.39, 0.29) is 36.3 Å². The monoisotopic (exact) mass is 378 g/mol. The summed E-state index contributed by atoms with van der Waals surface area (Å²) in [5.41, 5.74) is 4.01. The molecular formula is C21H22N4O3. The minimum atomic E-state index is -0.372. The Morgan fingerprint density at radius 2 is 1.71 bits per heavy atom. The highest BCUT2D eigenvalue weighted by molar-refractivity contribution is 6.44. The molecule has 7 nitrogen and oxygen atoms in total. The van der Waals surface area contributed by atoms with Gasteiger partial charge in [0, 0.05) is 31.1 Å². The number of aryl methyl sites for hydroxylation is 2. The molecule has 2 aromatic carbocycles. The number of carbonyl (C=O) groups is 3. The quantitative estimate of drug-likeness (QED) is 0.854. The second kappa shape index (κ2) is 8.04. The molecule has 0 saturated carbocycles. The number of carbonyl (C=O) groups excluding carboxylic acids is 3. The summed E-state index contributed by atoms with van der Waals surface area (Å²) in [6.45, 7) is 5.26. The van der Waals surface area contributed by atoms with Crippen LogP contribution in [0, 0.1) is 13.8 Å². The lowest BCUT2D eigenvalue weighted by molar-refractivity contribution is -0.119. The Balaban J connectivity index is 1.82. The minimum absolute atomic E-state index is 0.141. The zero-order valence-electron chi connectivity index (χ0n) is 16.1. The average molecular weight is 378 g/mol. The van der Waals surface area contributed by atoms with Crippen LogP contribution in [0.4, 0.5) is 17.1 Å². The van der Waals surface area contributed by atoms with Gasteiger partial charge >= 0.3 is 0 Å². The summed E-state index contributed by atoms with van der Waals surface area (Å²) < 4.78 is 0. The van der Waals surface area contributed by atoms with Crippen molar-refractivity contribution in [3.8, 4) is 0 Å². The van der Waals surface area contributed by atoms with Crippen LogP contribution in [-0.2, 0) is 14.4 Å². The average Bonchev–Trinajstić information content (AvgIpc) is 2.64. The van der Waals surface area contributed by atoms with Gasteiger partial charge in [0.05, 0.1) is 5.69 Å². The molecule has 7 heteroatoms. The number of benzene rings is 2. The van der Waals surface area contributed by atoms with Crippen molar-refractivity contribution >= 4 is 40.5 Å². The molecule has 0 aromatic heterocycles. The number of nitrogens with one attached hydrogen (secondary N) is 2. The topological polar surface area (TPSA) is 90.9 Å². The fourth-order valence-electron chi connectivity index (χ4n) is 2.93. The number of nitrogens with zero attached hydrogens (tertiary/aromatic N) is 2. The van der Waals surface area contributed by atoms with Crippen LogP contribution in [0.15, 0.2) is 47.6 Å². The van der Waals surface area contributed by atoms with E-state index in [1.165, 1.54) is 11.9 Å². The second-order valence-electron chi connectivity index (χ2n) is 6.76. The summed E-state index contributed by atoms with van der Waals surface area (Å²) in [5.74, 6) is -0.705. The van der Waals surface area contributed by atoms with Gasteiger partial charge in [0.25, 0.3) is 5.91 Å². The molecule has 2 aromatic rings. The number of rotatable bonds is 4. The third-order valence-electron chi connectivity index (χ3n) is 4.33. The van der Waals surface area contributed by atoms with Gasteiger partial charge in [-0.15, -0.1) is 0 Å². The zero-order valence-corrected chi connectivity index (χ0v) is 16.1. The first-order chi connectivity index (χ1) is 13.3. The highest BCUT2D eigenvalue weighted by Gasteiger charge is 2.26. The van der Waals surface area contributed by atoms with Crippen LogP contribution in [0.1, 0.15) is 30.9 Å². The molecule has 3 rings (SSSR count). The fraction of sp³-hybridized carbons (Fsp3) is 0.238. The van der Waals surface area contributed by atoms with Gasteiger partial charge in [0.2, 0.25) is 11.8 Å². The van der Waals surface area contributed by atoms with Crippen molar-refractivity contribution < 1.29 is 14.4 Å². The standard InChI is InChI=1S/C21H22N4O3/c1-13-7-8-14(2)19(11-13)25-20(27)10-9-18(24-25)21(28)23-17-6-4-5-16(12-17)22-15(3)26/h4-8,11-12H,9-10H2,1-3H3,(H,22,26)(H,23,28). The molecule has 144 valence electrons. The van der Waals surface area contributed by atoms with E-state index in [0.717, 1.165) is 11.1 Å². The van der Waals surface area contributed by atoms with Crippen LogP contribution in [0.5, 0.6) is 0 Å². The fourth-order valence-corrected chi connectivity index (χ4v) is 2.93. The Hall–Kier alpha value is -3.48. The van der Waals surface area contributed by atoms with Crippen LogP contribution in [-0.4, -0.2) is 23.4 Å². The van der Waals surface area contributed by atoms with E-state index >= 15 is 0 Å². The summed E-state index contributed by atoms with van der Waals surface area (Å²) in [4.78, 5) is 36.2. The van der Waals surface area contributed by atoms with Crippen molar-refractivity contribution in [2.75, 3.05) is 15.6 Å². The molecule has 28 heavy (non-hydrogen) atoms.